The van der Waals surface area contributed by atoms with Gasteiger partial charge in [0, 0.05) is 20.2 Å². The average Bonchev–Trinajstić information content (AvgIpc) is 2.62. The van der Waals surface area contributed by atoms with E-state index in [1.165, 1.54) is 0 Å². The normalized spacial score (nSPS) is 11.6. The lowest BCUT2D eigenvalue weighted by Gasteiger charge is -2.18. The Bertz CT molecular complexity index is 686. The van der Waals surface area contributed by atoms with Gasteiger partial charge in [0.2, 0.25) is 0 Å². The molecule has 1 atom stereocenters. The van der Waals surface area contributed by atoms with Gasteiger partial charge in [-0.25, -0.2) is 0 Å². The highest BCUT2D eigenvalue weighted by atomic mass is 16.5. The summed E-state index contributed by atoms with van der Waals surface area (Å²) in [5.41, 5.74) is 3.01. The van der Waals surface area contributed by atoms with Crippen LogP contribution in [-0.4, -0.2) is 25.5 Å². The summed E-state index contributed by atoms with van der Waals surface area (Å²) >= 11 is 0. The second kappa shape index (κ2) is 8.84. The maximum atomic E-state index is 11.9. The molecule has 0 aromatic heterocycles. The van der Waals surface area contributed by atoms with Crippen molar-refractivity contribution in [1.29, 1.82) is 0 Å². The van der Waals surface area contributed by atoms with E-state index in [-0.39, 0.29) is 12.6 Å². The molecule has 5 heteroatoms. The van der Waals surface area contributed by atoms with E-state index in [1.54, 1.807) is 7.11 Å². The Morgan fingerprint density at radius 3 is 2.25 bits per heavy atom. The van der Waals surface area contributed by atoms with E-state index in [4.69, 9.17) is 4.74 Å². The molecule has 2 rings (SSSR count). The fourth-order valence-electron chi connectivity index (χ4n) is 2.39. The van der Waals surface area contributed by atoms with Crippen molar-refractivity contribution < 1.29 is 14.3 Å². The van der Waals surface area contributed by atoms with Crippen LogP contribution in [0.2, 0.25) is 0 Å². The van der Waals surface area contributed by atoms with Crippen molar-refractivity contribution in [3.63, 3.8) is 0 Å². The van der Waals surface area contributed by atoms with Crippen LogP contribution in [-0.2, 0) is 20.9 Å². The van der Waals surface area contributed by atoms with Gasteiger partial charge in [-0.1, -0.05) is 54.6 Å². The predicted molar refractivity (Wildman–Crippen MR) is 92.2 cm³/mol. The summed E-state index contributed by atoms with van der Waals surface area (Å²) in [5, 5.41) is 5.22. The van der Waals surface area contributed by atoms with E-state index in [0.29, 0.717) is 6.54 Å². The summed E-state index contributed by atoms with van der Waals surface area (Å²) in [5.74, 6) is -1.32. The third-order valence-electron chi connectivity index (χ3n) is 3.77. The van der Waals surface area contributed by atoms with Crippen LogP contribution in [0.4, 0.5) is 0 Å². The molecule has 0 heterocycles. The van der Waals surface area contributed by atoms with Crippen molar-refractivity contribution in [3.8, 4) is 0 Å². The Kier molecular flexibility index (Phi) is 6.51. The molecule has 2 aromatic rings. The van der Waals surface area contributed by atoms with Crippen LogP contribution in [0.1, 0.15) is 22.8 Å². The van der Waals surface area contributed by atoms with Gasteiger partial charge in [-0.05, 0) is 23.6 Å². The second-order valence-corrected chi connectivity index (χ2v) is 5.46. The molecule has 0 aliphatic rings. The number of hydrogen-bond donors (Lipinski definition) is 2. The Balaban J connectivity index is 1.85. The number of carbonyl (C=O) groups excluding carboxylic acids is 2. The number of nitrogens with one attached hydrogen (secondary N) is 2. The molecule has 0 aliphatic carbocycles. The first kappa shape index (κ1) is 17.7. The van der Waals surface area contributed by atoms with Gasteiger partial charge in [0.15, 0.2) is 0 Å². The number of methoxy groups -OCH3 is 1. The molecule has 1 unspecified atom stereocenters. The third-order valence-corrected chi connectivity index (χ3v) is 3.77. The summed E-state index contributed by atoms with van der Waals surface area (Å²) in [6.07, 6.45) is -0.294. The second-order valence-electron chi connectivity index (χ2n) is 5.46. The molecule has 0 aliphatic heterocycles. The molecule has 0 fully saturated rings. The first-order valence-electron chi connectivity index (χ1n) is 7.80. The summed E-state index contributed by atoms with van der Waals surface area (Å²) in [6, 6.07) is 17.2. The minimum absolute atomic E-state index is 0.235. The van der Waals surface area contributed by atoms with Gasteiger partial charge in [0.25, 0.3) is 0 Å². The van der Waals surface area contributed by atoms with Crippen LogP contribution in [0.3, 0.4) is 0 Å². The number of carbonyl (C=O) groups is 2. The maximum Gasteiger partial charge on any atom is 0.309 e. The predicted octanol–water partition coefficient (Wildman–Crippen LogP) is 2.12. The lowest BCUT2D eigenvalue weighted by Crippen LogP contribution is -2.41. The fourth-order valence-corrected chi connectivity index (χ4v) is 2.39. The van der Waals surface area contributed by atoms with Crippen molar-refractivity contribution in [3.05, 3.63) is 71.3 Å². The lowest BCUT2D eigenvalue weighted by molar-refractivity contribution is -0.139. The molecule has 2 N–H and O–H groups in total. The molecule has 0 saturated heterocycles. The summed E-state index contributed by atoms with van der Waals surface area (Å²) in [7, 11) is 1.58. The smallest absolute Gasteiger partial charge is 0.309 e. The topological polar surface area (TPSA) is 67.4 Å². The molecule has 2 aromatic carbocycles. The van der Waals surface area contributed by atoms with E-state index in [9.17, 15) is 9.59 Å². The Morgan fingerprint density at radius 2 is 1.58 bits per heavy atom. The van der Waals surface area contributed by atoms with E-state index in [0.717, 1.165) is 16.7 Å². The monoisotopic (exact) mass is 326 g/mol. The highest BCUT2D eigenvalue weighted by Crippen LogP contribution is 2.19. The molecule has 24 heavy (non-hydrogen) atoms. The molecular formula is C19H22N2O3. The van der Waals surface area contributed by atoms with Gasteiger partial charge in [0.1, 0.15) is 0 Å². The standard InChI is InChI=1S/C19H22N2O3/c1-14-8-6-7-11-16(14)17(24-2)13-21-19(23)18(22)20-12-15-9-4-3-5-10-15/h3-11,17H,12-13H2,1-2H3,(H,20,22)(H,21,23). The van der Waals surface area contributed by atoms with Crippen molar-refractivity contribution in [2.75, 3.05) is 13.7 Å². The highest BCUT2D eigenvalue weighted by molar-refractivity contribution is 6.35. The minimum atomic E-state index is -0.665. The number of benzene rings is 2. The molecule has 0 bridgehead atoms. The first-order valence-corrected chi connectivity index (χ1v) is 7.80. The van der Waals surface area contributed by atoms with Crippen molar-refractivity contribution >= 4 is 11.8 Å². The van der Waals surface area contributed by atoms with Crippen LogP contribution in [0.25, 0.3) is 0 Å². The molecule has 0 spiro atoms. The first-order chi connectivity index (χ1) is 11.6. The van der Waals surface area contributed by atoms with Gasteiger partial charge in [-0.2, -0.15) is 0 Å². The van der Waals surface area contributed by atoms with Crippen LogP contribution < -0.4 is 10.6 Å². The minimum Gasteiger partial charge on any atom is -0.375 e. The summed E-state index contributed by atoms with van der Waals surface area (Å²) < 4.78 is 5.43. The Morgan fingerprint density at radius 1 is 0.958 bits per heavy atom. The van der Waals surface area contributed by atoms with Gasteiger partial charge in [-0.15, -0.1) is 0 Å². The lowest BCUT2D eigenvalue weighted by atomic mass is 10.0. The number of hydrogen-bond acceptors (Lipinski definition) is 3. The Labute approximate surface area is 142 Å². The van der Waals surface area contributed by atoms with Gasteiger partial charge < -0.3 is 15.4 Å². The molecular weight excluding hydrogens is 304 g/mol. The van der Waals surface area contributed by atoms with Crippen LogP contribution in [0, 0.1) is 6.92 Å². The van der Waals surface area contributed by atoms with E-state index < -0.39 is 11.8 Å². The quantitative estimate of drug-likeness (QED) is 0.799. The van der Waals surface area contributed by atoms with Crippen LogP contribution in [0.5, 0.6) is 0 Å². The average molecular weight is 326 g/mol. The van der Waals surface area contributed by atoms with Gasteiger partial charge >= 0.3 is 11.8 Å². The SMILES string of the molecule is COC(CNC(=O)C(=O)NCc1ccccc1)c1ccccc1C. The molecule has 2 amide bonds. The van der Waals surface area contributed by atoms with Gasteiger partial charge in [0.05, 0.1) is 6.10 Å². The van der Waals surface area contributed by atoms with Gasteiger partial charge in [-0.3, -0.25) is 9.59 Å². The molecule has 0 radical (unpaired) electrons. The number of aryl methyl sites for hydroxylation is 1. The number of amides is 2. The zero-order chi connectivity index (χ0) is 17.4. The summed E-state index contributed by atoms with van der Waals surface area (Å²) in [6.45, 7) is 2.53. The van der Waals surface area contributed by atoms with Crippen molar-refractivity contribution in [1.82, 2.24) is 10.6 Å². The number of rotatable bonds is 6. The highest BCUT2D eigenvalue weighted by Gasteiger charge is 2.17. The zero-order valence-corrected chi connectivity index (χ0v) is 13.9. The van der Waals surface area contributed by atoms with E-state index >= 15 is 0 Å². The van der Waals surface area contributed by atoms with E-state index in [2.05, 4.69) is 10.6 Å². The van der Waals surface area contributed by atoms with Crippen LogP contribution in [0.15, 0.2) is 54.6 Å². The largest absolute Gasteiger partial charge is 0.375 e. The fraction of sp³-hybridized carbons (Fsp3) is 0.263. The van der Waals surface area contributed by atoms with Crippen LogP contribution >= 0.6 is 0 Å². The zero-order valence-electron chi connectivity index (χ0n) is 13.9. The van der Waals surface area contributed by atoms with Crippen molar-refractivity contribution in [2.45, 2.75) is 19.6 Å². The maximum absolute atomic E-state index is 11.9. The van der Waals surface area contributed by atoms with E-state index in [1.807, 2.05) is 61.5 Å². The number of ether oxygens (including phenoxy) is 1. The third kappa shape index (κ3) is 4.93. The summed E-state index contributed by atoms with van der Waals surface area (Å²) in [4.78, 5) is 23.8. The van der Waals surface area contributed by atoms with Crippen molar-refractivity contribution in [2.24, 2.45) is 0 Å². The molecule has 5 nitrogen and oxygen atoms in total. The Hall–Kier alpha value is -2.66. The molecule has 126 valence electrons. The molecule has 0 saturated carbocycles.